The van der Waals surface area contributed by atoms with Gasteiger partial charge in [-0.2, -0.15) is 0 Å². The quantitative estimate of drug-likeness (QED) is 0.413. The number of carbonyl (C=O) groups excluding carboxylic acids is 2. The molecule has 1 fully saturated rings. The molecule has 3 rings (SSSR count). The van der Waals surface area contributed by atoms with Crippen molar-refractivity contribution in [1.82, 2.24) is 4.90 Å². The van der Waals surface area contributed by atoms with Crippen molar-refractivity contribution in [2.24, 2.45) is 0 Å². The minimum atomic E-state index is -0.832. The molecule has 0 bridgehead atoms. The van der Waals surface area contributed by atoms with Crippen LogP contribution in [-0.4, -0.2) is 53.7 Å². The highest BCUT2D eigenvalue weighted by Gasteiger charge is 2.46. The van der Waals surface area contributed by atoms with Crippen LogP contribution in [0.3, 0.4) is 0 Å². The molecule has 0 saturated carbocycles. The monoisotopic (exact) mass is 411 g/mol. The molecule has 30 heavy (non-hydrogen) atoms. The number of Topliss-reactive ketones (excluding diaryl/α,β-unsaturated/α-hetero) is 1. The second kappa shape index (κ2) is 9.00. The summed E-state index contributed by atoms with van der Waals surface area (Å²) in [6.45, 7) is 4.43. The Kier molecular flexibility index (Phi) is 6.42. The molecule has 1 saturated heterocycles. The summed E-state index contributed by atoms with van der Waals surface area (Å²) in [7, 11) is 1.51. The lowest BCUT2D eigenvalue weighted by atomic mass is 9.94. The molecule has 1 aliphatic rings. The van der Waals surface area contributed by atoms with Gasteiger partial charge in [0.2, 0.25) is 0 Å². The highest BCUT2D eigenvalue weighted by Crippen LogP contribution is 2.41. The van der Waals surface area contributed by atoms with Crippen LogP contribution in [0.4, 0.5) is 0 Å². The van der Waals surface area contributed by atoms with Gasteiger partial charge in [-0.3, -0.25) is 9.59 Å². The Balaban J connectivity index is 2.17. The van der Waals surface area contributed by atoms with E-state index in [1.807, 2.05) is 19.1 Å². The molecule has 0 radical (unpaired) electrons. The second-order valence-electron chi connectivity index (χ2n) is 7.01. The van der Waals surface area contributed by atoms with Crippen LogP contribution >= 0.6 is 0 Å². The molecule has 0 aromatic heterocycles. The minimum Gasteiger partial charge on any atom is -0.507 e. The third-order valence-electron chi connectivity index (χ3n) is 5.00. The number of methoxy groups -OCH3 is 1. The summed E-state index contributed by atoms with van der Waals surface area (Å²) in [6.07, 6.45) is 0. The summed E-state index contributed by atoms with van der Waals surface area (Å²) >= 11 is 0. The van der Waals surface area contributed by atoms with Crippen LogP contribution in [-0.2, 0) is 14.3 Å². The van der Waals surface area contributed by atoms with Gasteiger partial charge in [0, 0.05) is 19.2 Å². The van der Waals surface area contributed by atoms with Crippen LogP contribution in [0.15, 0.2) is 48.0 Å². The fraction of sp³-hybridized carbons (Fsp3) is 0.304. The van der Waals surface area contributed by atoms with Gasteiger partial charge in [-0.05, 0) is 31.5 Å². The van der Waals surface area contributed by atoms with Crippen molar-refractivity contribution in [3.63, 3.8) is 0 Å². The fourth-order valence-corrected chi connectivity index (χ4v) is 3.49. The number of hydrogen-bond acceptors (Lipinski definition) is 6. The number of aryl methyl sites for hydroxylation is 1. The third kappa shape index (κ3) is 4.02. The molecule has 2 N–H and O–H groups in total. The van der Waals surface area contributed by atoms with Gasteiger partial charge in [0.1, 0.15) is 5.76 Å². The first-order chi connectivity index (χ1) is 14.4. The molecule has 1 unspecified atom stereocenters. The number of aromatic hydroxyl groups is 1. The number of ether oxygens (including phenoxy) is 2. The number of benzene rings is 2. The topological polar surface area (TPSA) is 96.3 Å². The molecular formula is C23H25NO6. The summed E-state index contributed by atoms with van der Waals surface area (Å²) in [5.74, 6) is -1.53. The number of phenolic OH excluding ortho intramolecular Hbond substituents is 1. The maximum atomic E-state index is 12.9. The molecule has 0 aliphatic carbocycles. The lowest BCUT2D eigenvalue weighted by Crippen LogP contribution is -2.32. The number of aliphatic hydroxyl groups excluding tert-OH is 1. The molecule has 1 aliphatic heterocycles. The van der Waals surface area contributed by atoms with Crippen LogP contribution in [0.5, 0.6) is 11.5 Å². The maximum absolute atomic E-state index is 12.9. The molecule has 1 amide bonds. The molecule has 7 heteroatoms. The number of rotatable bonds is 7. The summed E-state index contributed by atoms with van der Waals surface area (Å²) in [5, 5.41) is 21.0. The van der Waals surface area contributed by atoms with E-state index in [9.17, 15) is 19.8 Å². The molecule has 2 aromatic rings. The lowest BCUT2D eigenvalue weighted by Gasteiger charge is -2.25. The molecule has 7 nitrogen and oxygen atoms in total. The number of hydrogen-bond donors (Lipinski definition) is 2. The molecule has 1 heterocycles. The second-order valence-corrected chi connectivity index (χ2v) is 7.01. The first kappa shape index (κ1) is 21.4. The fourth-order valence-electron chi connectivity index (χ4n) is 3.49. The van der Waals surface area contributed by atoms with Gasteiger partial charge in [-0.25, -0.2) is 0 Å². The van der Waals surface area contributed by atoms with Crippen molar-refractivity contribution >= 4 is 17.4 Å². The van der Waals surface area contributed by atoms with Gasteiger partial charge < -0.3 is 24.6 Å². The van der Waals surface area contributed by atoms with E-state index in [2.05, 4.69) is 0 Å². The summed E-state index contributed by atoms with van der Waals surface area (Å²) in [5.41, 5.74) is 1.98. The number of phenols is 1. The number of carbonyl (C=O) groups is 2. The van der Waals surface area contributed by atoms with E-state index in [0.717, 1.165) is 5.56 Å². The van der Waals surface area contributed by atoms with Crippen LogP contribution in [0.2, 0.25) is 0 Å². The number of nitrogens with zero attached hydrogens (tertiary/aromatic N) is 1. The maximum Gasteiger partial charge on any atom is 0.295 e. The van der Waals surface area contributed by atoms with E-state index in [1.54, 1.807) is 31.2 Å². The Morgan fingerprint density at radius 2 is 1.83 bits per heavy atom. The van der Waals surface area contributed by atoms with Crippen LogP contribution in [0.25, 0.3) is 5.76 Å². The van der Waals surface area contributed by atoms with E-state index < -0.39 is 17.7 Å². The number of aliphatic hydroxyl groups is 1. The summed E-state index contributed by atoms with van der Waals surface area (Å²) in [6, 6.07) is 10.8. The highest BCUT2D eigenvalue weighted by molar-refractivity contribution is 6.46. The van der Waals surface area contributed by atoms with Gasteiger partial charge in [-0.1, -0.05) is 35.9 Å². The van der Waals surface area contributed by atoms with E-state index in [-0.39, 0.29) is 36.0 Å². The highest BCUT2D eigenvalue weighted by atomic mass is 16.5. The van der Waals surface area contributed by atoms with E-state index in [4.69, 9.17) is 9.47 Å². The number of likely N-dealkylation sites (tertiary alicyclic amines) is 1. The molecule has 0 spiro atoms. The Hall–Kier alpha value is -3.32. The largest absolute Gasteiger partial charge is 0.507 e. The van der Waals surface area contributed by atoms with Crippen molar-refractivity contribution in [2.45, 2.75) is 19.9 Å². The van der Waals surface area contributed by atoms with E-state index >= 15 is 0 Å². The predicted octanol–water partition coefficient (Wildman–Crippen LogP) is 3.17. The molecule has 2 aromatic carbocycles. The minimum absolute atomic E-state index is 0.00639. The predicted molar refractivity (Wildman–Crippen MR) is 111 cm³/mol. The average molecular weight is 411 g/mol. The van der Waals surface area contributed by atoms with Gasteiger partial charge in [0.25, 0.3) is 11.7 Å². The van der Waals surface area contributed by atoms with Crippen LogP contribution < -0.4 is 4.74 Å². The van der Waals surface area contributed by atoms with Crippen molar-refractivity contribution in [3.05, 3.63) is 64.7 Å². The SMILES string of the molecule is CCOc1cc(C2/C(=C(/O)c3ccc(C)cc3)C(=O)C(=O)N2CCOC)ccc1O. The van der Waals surface area contributed by atoms with Crippen molar-refractivity contribution in [1.29, 1.82) is 0 Å². The molecule has 1 atom stereocenters. The van der Waals surface area contributed by atoms with Gasteiger partial charge in [-0.15, -0.1) is 0 Å². The van der Waals surface area contributed by atoms with Crippen molar-refractivity contribution in [2.75, 3.05) is 26.9 Å². The summed E-state index contributed by atoms with van der Waals surface area (Å²) < 4.78 is 10.6. The van der Waals surface area contributed by atoms with E-state index in [1.165, 1.54) is 18.1 Å². The first-order valence-corrected chi connectivity index (χ1v) is 9.69. The van der Waals surface area contributed by atoms with Gasteiger partial charge in [0.15, 0.2) is 11.5 Å². The average Bonchev–Trinajstić information content (AvgIpc) is 2.98. The molecule has 158 valence electrons. The van der Waals surface area contributed by atoms with Gasteiger partial charge >= 0.3 is 0 Å². The van der Waals surface area contributed by atoms with Crippen molar-refractivity contribution < 1.29 is 29.3 Å². The Bertz CT molecular complexity index is 980. The van der Waals surface area contributed by atoms with Crippen LogP contribution in [0.1, 0.15) is 29.7 Å². The Morgan fingerprint density at radius 1 is 1.13 bits per heavy atom. The van der Waals surface area contributed by atoms with E-state index in [0.29, 0.717) is 17.7 Å². The number of ketones is 1. The Labute approximate surface area is 175 Å². The lowest BCUT2D eigenvalue weighted by molar-refractivity contribution is -0.140. The van der Waals surface area contributed by atoms with Crippen LogP contribution in [0, 0.1) is 6.92 Å². The third-order valence-corrected chi connectivity index (χ3v) is 5.00. The Morgan fingerprint density at radius 3 is 2.47 bits per heavy atom. The van der Waals surface area contributed by atoms with Gasteiger partial charge in [0.05, 0.1) is 24.8 Å². The zero-order valence-electron chi connectivity index (χ0n) is 17.2. The standard InChI is InChI=1S/C23H25NO6/c1-4-30-18-13-16(9-10-17(18)25)20-19(21(26)15-7-5-14(2)6-8-15)22(27)23(28)24(20)11-12-29-3/h5-10,13,20,25-26H,4,11-12H2,1-3H3/b21-19-. The first-order valence-electron chi connectivity index (χ1n) is 9.69. The smallest absolute Gasteiger partial charge is 0.295 e. The zero-order chi connectivity index (χ0) is 21.8. The summed E-state index contributed by atoms with van der Waals surface area (Å²) in [4.78, 5) is 27.0. The number of amides is 1. The zero-order valence-corrected chi connectivity index (χ0v) is 17.2. The molecular weight excluding hydrogens is 386 g/mol. The van der Waals surface area contributed by atoms with Crippen molar-refractivity contribution in [3.8, 4) is 11.5 Å². The normalized spacial score (nSPS) is 18.1.